The summed E-state index contributed by atoms with van der Waals surface area (Å²) in [4.78, 5) is 9.69. The van der Waals surface area contributed by atoms with Gasteiger partial charge in [0.1, 0.15) is 17.1 Å². The first-order valence-electron chi connectivity index (χ1n) is 14.0. The van der Waals surface area contributed by atoms with Gasteiger partial charge in [0.2, 0.25) is 5.88 Å². The third-order valence-corrected chi connectivity index (χ3v) is 8.07. The fourth-order valence-corrected chi connectivity index (χ4v) is 6.25. The number of ether oxygens (including phenoxy) is 1. The third kappa shape index (κ3) is 3.35. The van der Waals surface area contributed by atoms with E-state index in [0.717, 1.165) is 55.3 Å². The monoisotopic (exact) mass is 541 g/mol. The Morgan fingerprint density at radius 1 is 0.595 bits per heavy atom. The van der Waals surface area contributed by atoms with Crippen LogP contribution in [0.5, 0.6) is 11.6 Å². The molecule has 0 aliphatic heterocycles. The molecule has 0 aliphatic carbocycles. The second-order valence-corrected chi connectivity index (χ2v) is 10.7. The predicted molar refractivity (Wildman–Crippen MR) is 169 cm³/mol. The van der Waals surface area contributed by atoms with Crippen LogP contribution in [0, 0.1) is 6.92 Å². The minimum atomic E-state index is 0.531. The van der Waals surface area contributed by atoms with Crippen LogP contribution in [-0.2, 0) is 0 Å². The maximum absolute atomic E-state index is 6.44. The van der Waals surface area contributed by atoms with Crippen molar-refractivity contribution in [2.75, 3.05) is 0 Å². The highest BCUT2D eigenvalue weighted by Gasteiger charge is 2.16. The van der Waals surface area contributed by atoms with Gasteiger partial charge in [0, 0.05) is 39.9 Å². The van der Waals surface area contributed by atoms with Gasteiger partial charge in [-0.3, -0.25) is 4.57 Å². The molecule has 0 N–H and O–H groups in total. The molecule has 6 nitrogen and oxygen atoms in total. The average molecular weight is 542 g/mol. The summed E-state index contributed by atoms with van der Waals surface area (Å²) in [6, 6.07) is 39.6. The Bertz CT molecular complexity index is 2510. The predicted octanol–water partition coefficient (Wildman–Crippen LogP) is 8.78. The van der Waals surface area contributed by atoms with Gasteiger partial charge in [-0.05, 0) is 72.3 Å². The topological polar surface area (TPSA) is 57.2 Å². The van der Waals surface area contributed by atoms with Crippen LogP contribution in [0.4, 0.5) is 0 Å². The fraction of sp³-hybridized carbons (Fsp3) is 0.0278. The molecule has 6 heteroatoms. The molecule has 4 aromatic carbocycles. The Kier molecular flexibility index (Phi) is 4.72. The van der Waals surface area contributed by atoms with Crippen LogP contribution >= 0.6 is 0 Å². The minimum absolute atomic E-state index is 0.531. The molecule has 0 aliphatic rings. The molecular formula is C36H23N5O. The molecule has 0 bridgehead atoms. The van der Waals surface area contributed by atoms with Crippen LogP contribution in [0.3, 0.4) is 0 Å². The van der Waals surface area contributed by atoms with Crippen molar-refractivity contribution in [2.24, 2.45) is 0 Å². The van der Waals surface area contributed by atoms with E-state index in [-0.39, 0.29) is 0 Å². The smallest absolute Gasteiger partial charge is 0.219 e. The maximum Gasteiger partial charge on any atom is 0.219 e. The number of aryl methyl sites for hydroxylation is 1. The zero-order chi connectivity index (χ0) is 27.8. The standard InChI is InChI=1S/C36H23N5O/c1-22-18-33-36-28(29-19-23-8-2-3-9-24(23)20-32(29)41(33)39-22)15-16-35(38-36)42-25-13-14-27-26-10-4-5-11-30(26)40(31(27)21-25)34-12-6-7-17-37-34/h2-21H,1H3. The van der Waals surface area contributed by atoms with Crippen molar-refractivity contribution in [3.8, 4) is 17.4 Å². The molecule has 9 rings (SSSR count). The van der Waals surface area contributed by atoms with Crippen LogP contribution in [-0.4, -0.2) is 24.1 Å². The van der Waals surface area contributed by atoms with Crippen LogP contribution in [0.25, 0.3) is 65.7 Å². The van der Waals surface area contributed by atoms with Gasteiger partial charge in [0.25, 0.3) is 0 Å². The second kappa shape index (κ2) is 8.62. The lowest BCUT2D eigenvalue weighted by Gasteiger charge is -2.11. The van der Waals surface area contributed by atoms with E-state index in [9.17, 15) is 0 Å². The molecular weight excluding hydrogens is 518 g/mol. The average Bonchev–Trinajstić information content (AvgIpc) is 3.58. The lowest BCUT2D eigenvalue weighted by molar-refractivity contribution is 0.466. The van der Waals surface area contributed by atoms with Crippen LogP contribution in [0.1, 0.15) is 5.69 Å². The first-order chi connectivity index (χ1) is 20.7. The normalized spacial score (nSPS) is 11.9. The van der Waals surface area contributed by atoms with E-state index in [2.05, 4.69) is 94.5 Å². The van der Waals surface area contributed by atoms with Gasteiger partial charge in [-0.2, -0.15) is 5.10 Å². The van der Waals surface area contributed by atoms with Crippen LogP contribution in [0.2, 0.25) is 0 Å². The number of benzene rings is 4. The summed E-state index contributed by atoms with van der Waals surface area (Å²) in [5.41, 5.74) is 5.96. The second-order valence-electron chi connectivity index (χ2n) is 10.7. The van der Waals surface area contributed by atoms with E-state index in [1.165, 1.54) is 16.2 Å². The number of fused-ring (bicyclic) bond motifs is 10. The molecule has 5 heterocycles. The Labute approximate surface area is 240 Å². The van der Waals surface area contributed by atoms with E-state index in [0.29, 0.717) is 11.6 Å². The zero-order valence-electron chi connectivity index (χ0n) is 22.7. The molecule has 198 valence electrons. The minimum Gasteiger partial charge on any atom is -0.439 e. The molecule has 0 radical (unpaired) electrons. The van der Waals surface area contributed by atoms with Crippen molar-refractivity contribution < 1.29 is 4.74 Å². The quantitative estimate of drug-likeness (QED) is 0.166. The van der Waals surface area contributed by atoms with Crippen molar-refractivity contribution in [2.45, 2.75) is 6.92 Å². The summed E-state index contributed by atoms with van der Waals surface area (Å²) in [7, 11) is 0. The van der Waals surface area contributed by atoms with Crippen LogP contribution < -0.4 is 4.74 Å². The first kappa shape index (κ1) is 23.0. The largest absolute Gasteiger partial charge is 0.439 e. The number of rotatable bonds is 3. The lowest BCUT2D eigenvalue weighted by Crippen LogP contribution is -1.97. The highest BCUT2D eigenvalue weighted by atomic mass is 16.5. The van der Waals surface area contributed by atoms with Crippen molar-refractivity contribution in [1.29, 1.82) is 0 Å². The van der Waals surface area contributed by atoms with Crippen molar-refractivity contribution in [1.82, 2.24) is 24.1 Å². The molecule has 42 heavy (non-hydrogen) atoms. The van der Waals surface area contributed by atoms with E-state index < -0.39 is 0 Å². The van der Waals surface area contributed by atoms with Gasteiger partial charge in [-0.1, -0.05) is 48.5 Å². The van der Waals surface area contributed by atoms with Gasteiger partial charge < -0.3 is 4.74 Å². The van der Waals surface area contributed by atoms with E-state index >= 15 is 0 Å². The SMILES string of the molecule is Cc1cc2c3nc(Oc4ccc5c6ccccc6n(-c6ccccn6)c5c4)ccc3c3cc4ccccc4cc3n2n1. The third-order valence-electron chi connectivity index (χ3n) is 8.07. The van der Waals surface area contributed by atoms with Gasteiger partial charge in [0.15, 0.2) is 0 Å². The summed E-state index contributed by atoms with van der Waals surface area (Å²) in [6.45, 7) is 2.02. The number of pyridine rings is 3. The molecule has 0 unspecified atom stereocenters. The summed E-state index contributed by atoms with van der Waals surface area (Å²) < 4.78 is 10.6. The number of aromatic nitrogens is 5. The Morgan fingerprint density at radius 2 is 1.38 bits per heavy atom. The molecule has 5 aromatic heterocycles. The molecule has 0 spiro atoms. The highest BCUT2D eigenvalue weighted by molar-refractivity contribution is 6.14. The Hall–Kier alpha value is -5.75. The summed E-state index contributed by atoms with van der Waals surface area (Å²) in [5, 5.41) is 11.7. The van der Waals surface area contributed by atoms with Crippen molar-refractivity contribution >= 4 is 59.9 Å². The van der Waals surface area contributed by atoms with E-state index in [1.807, 2.05) is 48.0 Å². The maximum atomic E-state index is 6.44. The summed E-state index contributed by atoms with van der Waals surface area (Å²) in [6.07, 6.45) is 1.82. The number of para-hydroxylation sites is 1. The van der Waals surface area contributed by atoms with Crippen molar-refractivity contribution in [3.05, 3.63) is 127 Å². The Balaban J connectivity index is 1.23. The first-order valence-corrected chi connectivity index (χ1v) is 14.0. The van der Waals surface area contributed by atoms with Gasteiger partial charge in [-0.15, -0.1) is 0 Å². The number of hydrogen-bond acceptors (Lipinski definition) is 4. The fourth-order valence-electron chi connectivity index (χ4n) is 6.25. The van der Waals surface area contributed by atoms with E-state index in [4.69, 9.17) is 14.8 Å². The molecule has 0 amide bonds. The number of nitrogens with zero attached hydrogens (tertiary/aromatic N) is 5. The summed E-state index contributed by atoms with van der Waals surface area (Å²) >= 11 is 0. The molecule has 0 fully saturated rings. The molecule has 9 aromatic rings. The molecule has 0 saturated carbocycles. The lowest BCUT2D eigenvalue weighted by atomic mass is 10.0. The highest BCUT2D eigenvalue weighted by Crippen LogP contribution is 2.36. The van der Waals surface area contributed by atoms with Gasteiger partial charge in [-0.25, -0.2) is 14.5 Å². The van der Waals surface area contributed by atoms with Crippen molar-refractivity contribution in [3.63, 3.8) is 0 Å². The van der Waals surface area contributed by atoms with Crippen LogP contribution in [0.15, 0.2) is 121 Å². The van der Waals surface area contributed by atoms with Gasteiger partial charge >= 0.3 is 0 Å². The number of hydrogen-bond donors (Lipinski definition) is 0. The van der Waals surface area contributed by atoms with Gasteiger partial charge in [0.05, 0.1) is 27.8 Å². The molecule has 0 saturated heterocycles. The zero-order valence-corrected chi connectivity index (χ0v) is 22.7. The molecule has 0 atom stereocenters. The Morgan fingerprint density at radius 3 is 2.26 bits per heavy atom. The van der Waals surface area contributed by atoms with E-state index in [1.54, 1.807) is 0 Å². The summed E-state index contributed by atoms with van der Waals surface area (Å²) in [5.74, 6) is 2.10.